The van der Waals surface area contributed by atoms with Crippen LogP contribution in [0.4, 0.5) is 0 Å². The number of amides is 1. The Morgan fingerprint density at radius 2 is 2.18 bits per heavy atom. The van der Waals surface area contributed by atoms with Crippen molar-refractivity contribution in [3.63, 3.8) is 0 Å². The predicted molar refractivity (Wildman–Crippen MR) is 63.5 cm³/mol. The standard InChI is InChI=1S/C12H22N2O3/c13-7-10-3-4-11(17-10)12(15)14-5-6-16-8-9-1-2-9/h9-11H,1-8,13H2,(H,14,15). The van der Waals surface area contributed by atoms with E-state index in [1.165, 1.54) is 12.8 Å². The highest BCUT2D eigenvalue weighted by atomic mass is 16.5. The lowest BCUT2D eigenvalue weighted by Gasteiger charge is -2.12. The number of carbonyl (C=O) groups is 1. The fraction of sp³-hybridized carbons (Fsp3) is 0.917. The monoisotopic (exact) mass is 242 g/mol. The van der Waals surface area contributed by atoms with Crippen LogP contribution in [0.2, 0.25) is 0 Å². The molecule has 1 saturated carbocycles. The summed E-state index contributed by atoms with van der Waals surface area (Å²) in [5.74, 6) is 0.741. The van der Waals surface area contributed by atoms with Crippen LogP contribution in [-0.2, 0) is 14.3 Å². The third-order valence-corrected chi connectivity index (χ3v) is 3.26. The summed E-state index contributed by atoms with van der Waals surface area (Å²) in [5.41, 5.74) is 5.49. The van der Waals surface area contributed by atoms with Gasteiger partial charge in [0.1, 0.15) is 6.10 Å². The molecule has 1 aliphatic heterocycles. The molecule has 0 bridgehead atoms. The fourth-order valence-electron chi connectivity index (χ4n) is 1.97. The van der Waals surface area contributed by atoms with Crippen LogP contribution in [0.25, 0.3) is 0 Å². The second-order valence-electron chi connectivity index (χ2n) is 4.87. The quantitative estimate of drug-likeness (QED) is 0.618. The van der Waals surface area contributed by atoms with Crippen LogP contribution >= 0.6 is 0 Å². The van der Waals surface area contributed by atoms with E-state index in [1.54, 1.807) is 0 Å². The summed E-state index contributed by atoms with van der Waals surface area (Å²) < 4.78 is 10.9. The highest BCUT2D eigenvalue weighted by Gasteiger charge is 2.29. The van der Waals surface area contributed by atoms with E-state index < -0.39 is 0 Å². The predicted octanol–water partition coefficient (Wildman–Crippen LogP) is 0.0355. The van der Waals surface area contributed by atoms with Crippen LogP contribution in [-0.4, -0.2) is 44.4 Å². The van der Waals surface area contributed by atoms with Crippen LogP contribution in [0.5, 0.6) is 0 Å². The van der Waals surface area contributed by atoms with Crippen molar-refractivity contribution in [2.75, 3.05) is 26.3 Å². The Hall–Kier alpha value is -0.650. The molecule has 0 aromatic carbocycles. The number of carbonyl (C=O) groups excluding carboxylic acids is 1. The molecule has 0 radical (unpaired) electrons. The van der Waals surface area contributed by atoms with Gasteiger partial charge in [0.25, 0.3) is 0 Å². The number of hydrogen-bond acceptors (Lipinski definition) is 4. The summed E-state index contributed by atoms with van der Waals surface area (Å²) in [4.78, 5) is 11.7. The summed E-state index contributed by atoms with van der Waals surface area (Å²) in [5, 5.41) is 2.83. The zero-order valence-corrected chi connectivity index (χ0v) is 10.2. The molecule has 5 nitrogen and oxygen atoms in total. The molecule has 2 aliphatic rings. The molecule has 1 aliphatic carbocycles. The first-order chi connectivity index (χ1) is 8.29. The van der Waals surface area contributed by atoms with Crippen LogP contribution in [0.1, 0.15) is 25.7 Å². The average Bonchev–Trinajstić information content (AvgIpc) is 3.03. The molecule has 1 saturated heterocycles. The largest absolute Gasteiger partial charge is 0.379 e. The molecule has 98 valence electrons. The van der Waals surface area contributed by atoms with Gasteiger partial charge in [-0.05, 0) is 31.6 Å². The van der Waals surface area contributed by atoms with Crippen molar-refractivity contribution in [3.05, 3.63) is 0 Å². The van der Waals surface area contributed by atoms with Crippen molar-refractivity contribution in [2.45, 2.75) is 37.9 Å². The van der Waals surface area contributed by atoms with Crippen LogP contribution in [0, 0.1) is 5.92 Å². The molecule has 2 fully saturated rings. The van der Waals surface area contributed by atoms with Crippen LogP contribution in [0.15, 0.2) is 0 Å². The third kappa shape index (κ3) is 4.26. The minimum absolute atomic E-state index is 0.0315. The fourth-order valence-corrected chi connectivity index (χ4v) is 1.97. The summed E-state index contributed by atoms with van der Waals surface area (Å²) in [6, 6.07) is 0. The topological polar surface area (TPSA) is 73.6 Å². The van der Waals surface area contributed by atoms with Gasteiger partial charge in [-0.3, -0.25) is 4.79 Å². The molecule has 0 aromatic rings. The number of ether oxygens (including phenoxy) is 2. The first-order valence-corrected chi connectivity index (χ1v) is 6.50. The molecule has 0 spiro atoms. The van der Waals surface area contributed by atoms with E-state index in [1.807, 2.05) is 0 Å². The van der Waals surface area contributed by atoms with Crippen molar-refractivity contribution < 1.29 is 14.3 Å². The Kier molecular flexibility index (Phi) is 4.76. The first-order valence-electron chi connectivity index (χ1n) is 6.50. The van der Waals surface area contributed by atoms with Gasteiger partial charge in [0.05, 0.1) is 12.7 Å². The SMILES string of the molecule is NCC1CCC(C(=O)NCCOCC2CC2)O1. The van der Waals surface area contributed by atoms with E-state index in [4.69, 9.17) is 15.2 Å². The van der Waals surface area contributed by atoms with Gasteiger partial charge in [-0.1, -0.05) is 0 Å². The van der Waals surface area contributed by atoms with Crippen molar-refractivity contribution >= 4 is 5.91 Å². The number of hydrogen-bond donors (Lipinski definition) is 2. The van der Waals surface area contributed by atoms with Crippen molar-refractivity contribution in [3.8, 4) is 0 Å². The molecule has 0 aromatic heterocycles. The van der Waals surface area contributed by atoms with E-state index in [0.29, 0.717) is 19.7 Å². The highest BCUT2D eigenvalue weighted by molar-refractivity contribution is 5.80. The summed E-state index contributed by atoms with van der Waals surface area (Å²) in [6.07, 6.45) is 3.98. The average molecular weight is 242 g/mol. The first kappa shape index (κ1) is 12.8. The maximum absolute atomic E-state index is 11.7. The third-order valence-electron chi connectivity index (χ3n) is 3.26. The Labute approximate surface area is 102 Å². The molecule has 1 heterocycles. The molecule has 1 amide bonds. The minimum atomic E-state index is -0.313. The van der Waals surface area contributed by atoms with E-state index in [2.05, 4.69) is 5.32 Å². The van der Waals surface area contributed by atoms with Gasteiger partial charge in [-0.2, -0.15) is 0 Å². The van der Waals surface area contributed by atoms with Crippen LogP contribution in [0.3, 0.4) is 0 Å². The Morgan fingerprint density at radius 1 is 1.35 bits per heavy atom. The number of nitrogens with two attached hydrogens (primary N) is 1. The molecular formula is C12H22N2O3. The molecule has 5 heteroatoms. The molecule has 2 unspecified atom stereocenters. The normalized spacial score (nSPS) is 28.3. The van der Waals surface area contributed by atoms with Crippen molar-refractivity contribution in [1.29, 1.82) is 0 Å². The molecular weight excluding hydrogens is 220 g/mol. The Morgan fingerprint density at radius 3 is 2.82 bits per heavy atom. The van der Waals surface area contributed by atoms with Crippen molar-refractivity contribution in [1.82, 2.24) is 5.32 Å². The van der Waals surface area contributed by atoms with Gasteiger partial charge in [0.2, 0.25) is 5.91 Å². The van der Waals surface area contributed by atoms with Crippen molar-refractivity contribution in [2.24, 2.45) is 11.7 Å². The van der Waals surface area contributed by atoms with Gasteiger partial charge in [-0.15, -0.1) is 0 Å². The highest BCUT2D eigenvalue weighted by Crippen LogP contribution is 2.28. The minimum Gasteiger partial charge on any atom is -0.379 e. The maximum atomic E-state index is 11.7. The number of rotatable bonds is 7. The number of nitrogens with one attached hydrogen (secondary N) is 1. The van der Waals surface area contributed by atoms with Gasteiger partial charge >= 0.3 is 0 Å². The summed E-state index contributed by atoms with van der Waals surface area (Å²) in [6.45, 7) is 2.49. The van der Waals surface area contributed by atoms with E-state index in [9.17, 15) is 4.79 Å². The van der Waals surface area contributed by atoms with Gasteiger partial charge in [-0.25, -0.2) is 0 Å². The van der Waals surface area contributed by atoms with Gasteiger partial charge < -0.3 is 20.5 Å². The van der Waals surface area contributed by atoms with E-state index in [-0.39, 0.29) is 18.1 Å². The summed E-state index contributed by atoms with van der Waals surface area (Å²) in [7, 11) is 0. The zero-order valence-electron chi connectivity index (χ0n) is 10.2. The molecule has 2 rings (SSSR count). The smallest absolute Gasteiger partial charge is 0.249 e. The Balaban J connectivity index is 1.51. The molecule has 2 atom stereocenters. The second-order valence-corrected chi connectivity index (χ2v) is 4.87. The van der Waals surface area contributed by atoms with E-state index in [0.717, 1.165) is 25.4 Å². The molecule has 3 N–H and O–H groups in total. The second kappa shape index (κ2) is 6.33. The zero-order chi connectivity index (χ0) is 12.1. The Bertz CT molecular complexity index is 256. The lowest BCUT2D eigenvalue weighted by atomic mass is 10.2. The molecule has 17 heavy (non-hydrogen) atoms. The lowest BCUT2D eigenvalue weighted by molar-refractivity contribution is -0.132. The van der Waals surface area contributed by atoms with Gasteiger partial charge in [0, 0.05) is 19.7 Å². The van der Waals surface area contributed by atoms with E-state index >= 15 is 0 Å². The van der Waals surface area contributed by atoms with Crippen LogP contribution < -0.4 is 11.1 Å². The summed E-state index contributed by atoms with van der Waals surface area (Å²) >= 11 is 0. The maximum Gasteiger partial charge on any atom is 0.249 e. The lowest BCUT2D eigenvalue weighted by Crippen LogP contribution is -2.37. The van der Waals surface area contributed by atoms with Gasteiger partial charge in [0.15, 0.2) is 0 Å².